The monoisotopic (exact) mass is 339 g/mol. The molecule has 2 atom stereocenters. The van der Waals surface area contributed by atoms with Gasteiger partial charge in [0, 0.05) is 25.2 Å². The SMILES string of the molecule is Cc1ccc(OC2CN(C[C@H]3CCOC(c4ccccc4)O3)C2)cc1. The molecule has 0 N–H and O–H groups in total. The first-order chi connectivity index (χ1) is 12.3. The zero-order chi connectivity index (χ0) is 17.1. The van der Waals surface area contributed by atoms with Crippen LogP contribution in [0.2, 0.25) is 0 Å². The van der Waals surface area contributed by atoms with Crippen LogP contribution in [0.4, 0.5) is 0 Å². The van der Waals surface area contributed by atoms with E-state index in [-0.39, 0.29) is 18.5 Å². The lowest BCUT2D eigenvalue weighted by molar-refractivity contribution is -0.223. The third-order valence-electron chi connectivity index (χ3n) is 4.81. The van der Waals surface area contributed by atoms with E-state index in [9.17, 15) is 0 Å². The van der Waals surface area contributed by atoms with Crippen LogP contribution in [-0.2, 0) is 9.47 Å². The van der Waals surface area contributed by atoms with Gasteiger partial charge in [-0.15, -0.1) is 0 Å². The molecule has 25 heavy (non-hydrogen) atoms. The predicted octanol–water partition coefficient (Wildman–Crippen LogP) is 3.56. The fourth-order valence-electron chi connectivity index (χ4n) is 3.35. The summed E-state index contributed by atoms with van der Waals surface area (Å²) >= 11 is 0. The van der Waals surface area contributed by atoms with Crippen molar-refractivity contribution < 1.29 is 14.2 Å². The second-order valence-corrected chi connectivity index (χ2v) is 6.93. The van der Waals surface area contributed by atoms with E-state index in [0.29, 0.717) is 0 Å². The summed E-state index contributed by atoms with van der Waals surface area (Å²) in [4.78, 5) is 2.40. The Morgan fingerprint density at radius 1 is 1.04 bits per heavy atom. The Kier molecular flexibility index (Phi) is 5.02. The second kappa shape index (κ2) is 7.56. The normalized spacial score (nSPS) is 24.7. The van der Waals surface area contributed by atoms with Crippen molar-refractivity contribution in [3.8, 4) is 5.75 Å². The Hall–Kier alpha value is -1.88. The lowest BCUT2D eigenvalue weighted by atomic mass is 10.1. The van der Waals surface area contributed by atoms with Crippen molar-refractivity contribution in [2.45, 2.75) is 31.8 Å². The van der Waals surface area contributed by atoms with Crippen LogP contribution in [0, 0.1) is 6.92 Å². The molecule has 2 aromatic carbocycles. The lowest BCUT2D eigenvalue weighted by Gasteiger charge is -2.42. The van der Waals surface area contributed by atoms with Gasteiger partial charge in [-0.25, -0.2) is 0 Å². The van der Waals surface area contributed by atoms with Gasteiger partial charge in [0.25, 0.3) is 0 Å². The maximum Gasteiger partial charge on any atom is 0.184 e. The molecule has 2 saturated heterocycles. The first kappa shape index (κ1) is 16.6. The summed E-state index contributed by atoms with van der Waals surface area (Å²) < 4.78 is 17.9. The van der Waals surface area contributed by atoms with E-state index >= 15 is 0 Å². The molecule has 4 heteroatoms. The van der Waals surface area contributed by atoms with Crippen LogP contribution in [0.5, 0.6) is 5.75 Å². The summed E-state index contributed by atoms with van der Waals surface area (Å²) in [5.74, 6) is 0.960. The zero-order valence-electron chi connectivity index (χ0n) is 14.6. The van der Waals surface area contributed by atoms with E-state index < -0.39 is 0 Å². The summed E-state index contributed by atoms with van der Waals surface area (Å²) in [6.45, 7) is 5.71. The van der Waals surface area contributed by atoms with Crippen LogP contribution >= 0.6 is 0 Å². The Balaban J connectivity index is 1.23. The van der Waals surface area contributed by atoms with Gasteiger partial charge in [0.1, 0.15) is 11.9 Å². The number of ether oxygens (including phenoxy) is 3. The van der Waals surface area contributed by atoms with E-state index in [1.165, 1.54) is 5.56 Å². The highest BCUT2D eigenvalue weighted by Crippen LogP contribution is 2.27. The minimum Gasteiger partial charge on any atom is -0.488 e. The number of benzene rings is 2. The molecule has 1 unspecified atom stereocenters. The van der Waals surface area contributed by atoms with Crippen LogP contribution in [0.1, 0.15) is 23.8 Å². The minimum absolute atomic E-state index is 0.222. The quantitative estimate of drug-likeness (QED) is 0.833. The van der Waals surface area contributed by atoms with E-state index in [2.05, 4.69) is 36.1 Å². The largest absolute Gasteiger partial charge is 0.488 e. The number of rotatable bonds is 5. The van der Waals surface area contributed by atoms with E-state index in [0.717, 1.165) is 44.0 Å². The molecule has 2 aliphatic heterocycles. The first-order valence-electron chi connectivity index (χ1n) is 9.04. The first-order valence-corrected chi connectivity index (χ1v) is 9.04. The van der Waals surface area contributed by atoms with Gasteiger partial charge in [0.2, 0.25) is 0 Å². The summed E-state index contributed by atoms with van der Waals surface area (Å²) in [5, 5.41) is 0. The number of nitrogens with zero attached hydrogens (tertiary/aromatic N) is 1. The standard InChI is InChI=1S/C21H25NO3/c1-16-7-9-18(10-8-16)24-20-14-22(15-20)13-19-11-12-23-21(25-19)17-5-3-2-4-6-17/h2-10,19-21H,11-15H2,1H3/t19-,21?/m1/s1. The van der Waals surface area contributed by atoms with Crippen molar-refractivity contribution in [1.29, 1.82) is 0 Å². The van der Waals surface area contributed by atoms with Gasteiger partial charge in [-0.05, 0) is 25.5 Å². The summed E-state index contributed by atoms with van der Waals surface area (Å²) in [5.41, 5.74) is 2.35. The van der Waals surface area contributed by atoms with Gasteiger partial charge in [-0.3, -0.25) is 4.90 Å². The molecule has 0 aliphatic carbocycles. The molecule has 0 radical (unpaired) electrons. The molecule has 132 valence electrons. The van der Waals surface area contributed by atoms with Crippen LogP contribution < -0.4 is 4.74 Å². The van der Waals surface area contributed by atoms with E-state index in [1.807, 2.05) is 30.3 Å². The third kappa shape index (κ3) is 4.21. The summed E-state index contributed by atoms with van der Waals surface area (Å²) in [6.07, 6.45) is 1.22. The molecular weight excluding hydrogens is 314 g/mol. The summed E-state index contributed by atoms with van der Waals surface area (Å²) in [7, 11) is 0. The molecular formula is C21H25NO3. The minimum atomic E-state index is -0.235. The van der Waals surface area contributed by atoms with Crippen LogP contribution in [0.15, 0.2) is 54.6 Å². The Bertz CT molecular complexity index is 667. The summed E-state index contributed by atoms with van der Waals surface area (Å²) in [6, 6.07) is 18.4. The van der Waals surface area contributed by atoms with Crippen molar-refractivity contribution >= 4 is 0 Å². The van der Waals surface area contributed by atoms with Crippen molar-refractivity contribution in [3.63, 3.8) is 0 Å². The topological polar surface area (TPSA) is 30.9 Å². The molecule has 0 amide bonds. The number of hydrogen-bond acceptors (Lipinski definition) is 4. The molecule has 0 spiro atoms. The lowest BCUT2D eigenvalue weighted by Crippen LogP contribution is -2.56. The van der Waals surface area contributed by atoms with E-state index in [4.69, 9.17) is 14.2 Å². The maximum absolute atomic E-state index is 6.14. The average molecular weight is 339 g/mol. The second-order valence-electron chi connectivity index (χ2n) is 6.93. The van der Waals surface area contributed by atoms with Crippen molar-refractivity contribution in [1.82, 2.24) is 4.90 Å². The van der Waals surface area contributed by atoms with Crippen molar-refractivity contribution in [3.05, 3.63) is 65.7 Å². The maximum atomic E-state index is 6.14. The molecule has 2 aliphatic rings. The Labute approximate surface area is 149 Å². The Morgan fingerprint density at radius 2 is 1.80 bits per heavy atom. The highest BCUT2D eigenvalue weighted by atomic mass is 16.7. The van der Waals surface area contributed by atoms with Gasteiger partial charge in [0.15, 0.2) is 6.29 Å². The highest BCUT2D eigenvalue weighted by Gasteiger charge is 2.33. The van der Waals surface area contributed by atoms with Crippen LogP contribution in [0.3, 0.4) is 0 Å². The fourth-order valence-corrected chi connectivity index (χ4v) is 3.35. The molecule has 4 rings (SSSR count). The third-order valence-corrected chi connectivity index (χ3v) is 4.81. The number of aryl methyl sites for hydroxylation is 1. The van der Waals surface area contributed by atoms with Crippen LogP contribution in [0.25, 0.3) is 0 Å². The molecule has 2 aromatic rings. The smallest absolute Gasteiger partial charge is 0.184 e. The highest BCUT2D eigenvalue weighted by molar-refractivity contribution is 5.26. The van der Waals surface area contributed by atoms with Gasteiger partial charge in [-0.2, -0.15) is 0 Å². The van der Waals surface area contributed by atoms with Gasteiger partial charge in [-0.1, -0.05) is 48.0 Å². The van der Waals surface area contributed by atoms with Gasteiger partial charge < -0.3 is 14.2 Å². The molecule has 0 aromatic heterocycles. The number of likely N-dealkylation sites (tertiary alicyclic amines) is 1. The zero-order valence-corrected chi connectivity index (χ0v) is 14.6. The molecule has 2 fully saturated rings. The van der Waals surface area contributed by atoms with Crippen LogP contribution in [-0.4, -0.2) is 43.3 Å². The molecule has 4 nitrogen and oxygen atoms in total. The van der Waals surface area contributed by atoms with Gasteiger partial charge in [0.05, 0.1) is 12.7 Å². The molecule has 0 bridgehead atoms. The average Bonchev–Trinajstić information content (AvgIpc) is 2.63. The van der Waals surface area contributed by atoms with Crippen molar-refractivity contribution in [2.75, 3.05) is 26.2 Å². The number of hydrogen-bond donors (Lipinski definition) is 0. The Morgan fingerprint density at radius 3 is 2.56 bits per heavy atom. The van der Waals surface area contributed by atoms with Gasteiger partial charge >= 0.3 is 0 Å². The molecule has 2 heterocycles. The van der Waals surface area contributed by atoms with E-state index in [1.54, 1.807) is 0 Å². The van der Waals surface area contributed by atoms with Crippen molar-refractivity contribution in [2.24, 2.45) is 0 Å². The predicted molar refractivity (Wildman–Crippen MR) is 96.7 cm³/mol. The molecule has 0 saturated carbocycles. The fraction of sp³-hybridized carbons (Fsp3) is 0.429.